The molecule has 3 nitrogen and oxygen atoms in total. The lowest BCUT2D eigenvalue weighted by molar-refractivity contribution is 0.591. The number of H-pyrrole nitrogens is 2. The number of hydrogen-bond donors (Lipinski definition) is 2. The van der Waals surface area contributed by atoms with E-state index in [0.717, 1.165) is 0 Å². The average molecular weight is 740 g/mol. The second-order valence-electron chi connectivity index (χ2n) is 16.3. The summed E-state index contributed by atoms with van der Waals surface area (Å²) in [6.45, 7) is 7.17. The molecule has 4 heterocycles. The molecule has 0 amide bonds. The molecule has 0 atom stereocenters. The van der Waals surface area contributed by atoms with Crippen LogP contribution in [0.1, 0.15) is 26.3 Å². The predicted octanol–water partition coefficient (Wildman–Crippen LogP) is 6.80. The fraction of sp³-hybridized carbons (Fsp3) is 0.0800. The number of benzene rings is 7. The third-order valence-electron chi connectivity index (χ3n) is 12.4. The highest BCUT2D eigenvalue weighted by atomic mass is 28.3. The summed E-state index contributed by atoms with van der Waals surface area (Å²) in [7, 11) is -6.09. The quantitative estimate of drug-likeness (QED) is 0.192. The maximum absolute atomic E-state index is 4.11. The van der Waals surface area contributed by atoms with Gasteiger partial charge < -0.3 is 9.97 Å². The van der Waals surface area contributed by atoms with Crippen molar-refractivity contribution in [1.82, 2.24) is 9.97 Å². The Morgan fingerprint density at radius 1 is 0.418 bits per heavy atom. The largest absolute Gasteiger partial charge is 0.341 e. The summed E-state index contributed by atoms with van der Waals surface area (Å²) >= 11 is 0. The van der Waals surface area contributed by atoms with Crippen LogP contribution in [0.5, 0.6) is 0 Å². The van der Waals surface area contributed by atoms with Crippen molar-refractivity contribution in [3.8, 4) is 0 Å². The first-order valence-electron chi connectivity index (χ1n) is 19.4. The van der Waals surface area contributed by atoms with E-state index in [-0.39, 0.29) is 5.41 Å². The lowest BCUT2D eigenvalue weighted by Crippen LogP contribution is -2.82. The summed E-state index contributed by atoms with van der Waals surface area (Å²) in [5, 5.41) is 13.9. The van der Waals surface area contributed by atoms with Crippen LogP contribution in [-0.2, 0) is 5.41 Å². The van der Waals surface area contributed by atoms with Gasteiger partial charge in [0.2, 0.25) is 0 Å². The number of aromatic nitrogens is 2. The first-order valence-corrected chi connectivity index (χ1v) is 23.4. The van der Waals surface area contributed by atoms with Gasteiger partial charge in [0.15, 0.2) is 16.1 Å². The Labute approximate surface area is 324 Å². The van der Waals surface area contributed by atoms with Gasteiger partial charge >= 0.3 is 0 Å². The molecule has 0 aliphatic carbocycles. The highest BCUT2D eigenvalue weighted by Crippen LogP contribution is 2.44. The van der Waals surface area contributed by atoms with Crippen LogP contribution < -0.4 is 46.4 Å². The topological polar surface area (TPSA) is 34.8 Å². The van der Waals surface area contributed by atoms with Crippen LogP contribution in [-0.4, -0.2) is 26.1 Å². The molecule has 0 fully saturated rings. The first-order chi connectivity index (χ1) is 26.9. The Hall–Kier alpha value is -6.15. The molecule has 55 heavy (non-hydrogen) atoms. The van der Waals surface area contributed by atoms with Crippen LogP contribution in [0.2, 0.25) is 0 Å². The van der Waals surface area contributed by atoms with Crippen LogP contribution in [0.15, 0.2) is 182 Å². The minimum atomic E-state index is -3.04. The monoisotopic (exact) mass is 739 g/mol. The summed E-state index contributed by atoms with van der Waals surface area (Å²) in [4.78, 5) is 10.8. The van der Waals surface area contributed by atoms with Gasteiger partial charge in [-0.05, 0) is 54.2 Å². The van der Waals surface area contributed by atoms with Crippen molar-refractivity contribution in [1.29, 1.82) is 0 Å². The van der Waals surface area contributed by atoms with Crippen molar-refractivity contribution in [3.05, 3.63) is 188 Å². The lowest BCUT2D eigenvalue weighted by atomic mass is 9.87. The van der Waals surface area contributed by atoms with E-state index in [9.17, 15) is 0 Å². The molecule has 0 radical (unpaired) electrons. The van der Waals surface area contributed by atoms with Crippen LogP contribution >= 0.6 is 0 Å². The zero-order chi connectivity index (χ0) is 36.9. The smallest absolute Gasteiger partial charge is 0.186 e. The van der Waals surface area contributed by atoms with Crippen LogP contribution in [0.3, 0.4) is 0 Å². The van der Waals surface area contributed by atoms with E-state index in [1.807, 2.05) is 0 Å². The van der Waals surface area contributed by atoms with Crippen LogP contribution in [0.4, 0.5) is 17.3 Å². The van der Waals surface area contributed by atoms with Gasteiger partial charge in [-0.15, -0.1) is 0 Å². The van der Waals surface area contributed by atoms with E-state index >= 15 is 0 Å². The Morgan fingerprint density at radius 3 is 1.09 bits per heavy atom. The highest BCUT2D eigenvalue weighted by Gasteiger charge is 2.58. The summed E-state index contributed by atoms with van der Waals surface area (Å²) in [6.07, 6.45) is 0. The van der Waals surface area contributed by atoms with E-state index in [0.29, 0.717) is 0 Å². The van der Waals surface area contributed by atoms with Crippen molar-refractivity contribution in [2.75, 3.05) is 4.90 Å². The molecule has 9 aromatic rings. The minimum absolute atomic E-state index is 0.113. The fourth-order valence-corrected chi connectivity index (χ4v) is 20.9. The van der Waals surface area contributed by atoms with Crippen molar-refractivity contribution < 1.29 is 0 Å². The van der Waals surface area contributed by atoms with E-state index in [1.54, 1.807) is 0 Å². The second kappa shape index (κ2) is 11.7. The van der Waals surface area contributed by atoms with Gasteiger partial charge in [-0.1, -0.05) is 191 Å². The molecular formula is C50H41N3Si2. The molecule has 2 aliphatic heterocycles. The molecule has 11 rings (SSSR count). The number of nitrogens with zero attached hydrogens (tertiary/aromatic N) is 1. The molecule has 0 unspecified atom stereocenters. The lowest BCUT2D eigenvalue weighted by Gasteiger charge is -2.50. The zero-order valence-corrected chi connectivity index (χ0v) is 33.3. The number of fused-ring (bicyclic) bond motifs is 8. The van der Waals surface area contributed by atoms with Gasteiger partial charge in [-0.2, -0.15) is 0 Å². The summed E-state index contributed by atoms with van der Waals surface area (Å²) in [5.41, 5.74) is 4.93. The van der Waals surface area contributed by atoms with Crippen molar-refractivity contribution in [2.45, 2.75) is 26.2 Å². The van der Waals surface area contributed by atoms with E-state index < -0.39 is 16.1 Å². The SMILES string of the molecule is CC(C)(C)c1cc2c3c(c1)[Si](c1ccccc1)(c1ccccc1)c1c([nH]c4ccccc14)N3c1[nH]c3ccccc3c1[Si]2(c1ccccc1)c1ccccc1. The Balaban J connectivity index is 1.45. The molecule has 264 valence electrons. The molecule has 0 bridgehead atoms. The van der Waals surface area contributed by atoms with Gasteiger partial charge in [0, 0.05) is 37.9 Å². The summed E-state index contributed by atoms with van der Waals surface area (Å²) < 4.78 is 0. The van der Waals surface area contributed by atoms with Gasteiger partial charge in [0.05, 0.1) is 0 Å². The Morgan fingerprint density at radius 2 is 0.745 bits per heavy atom. The third-order valence-corrected chi connectivity index (χ3v) is 22.1. The first kappa shape index (κ1) is 32.3. The average Bonchev–Trinajstić information content (AvgIpc) is 3.82. The van der Waals surface area contributed by atoms with Crippen LogP contribution in [0, 0.1) is 0 Å². The number of anilines is 3. The molecule has 2 aromatic heterocycles. The summed E-state index contributed by atoms with van der Waals surface area (Å²) in [6, 6.07) is 69.2. The molecule has 2 N–H and O–H groups in total. The Kier molecular flexibility index (Phi) is 6.86. The maximum atomic E-state index is 4.11. The number of para-hydroxylation sites is 2. The maximum Gasteiger partial charge on any atom is 0.186 e. The normalized spacial score (nSPS) is 15.1. The zero-order valence-electron chi connectivity index (χ0n) is 31.3. The van der Waals surface area contributed by atoms with Crippen molar-refractivity contribution in [2.24, 2.45) is 0 Å². The molecule has 0 saturated heterocycles. The van der Waals surface area contributed by atoms with E-state index in [1.165, 1.54) is 86.2 Å². The molecule has 7 aromatic carbocycles. The van der Waals surface area contributed by atoms with E-state index in [2.05, 4.69) is 218 Å². The molecular weight excluding hydrogens is 699 g/mol. The summed E-state index contributed by atoms with van der Waals surface area (Å²) in [5.74, 6) is 2.35. The standard InChI is InChI=1S/C50H41N3Si2/c1-50(2,3)34-32-43-45-44(33-34)55(37-24-12-6-13-25-37,38-26-14-7-15-27-38)47-40-29-17-19-31-42(40)52-49(47)53(45)48-46(39-28-16-18-30-41(39)51-48)54(43,35-20-8-4-9-21-35)36-22-10-5-11-23-36/h4-33,51-52H,1-3H3. The van der Waals surface area contributed by atoms with Gasteiger partial charge in [0.1, 0.15) is 11.6 Å². The van der Waals surface area contributed by atoms with Gasteiger partial charge in [0.25, 0.3) is 0 Å². The van der Waals surface area contributed by atoms with Gasteiger partial charge in [-0.3, -0.25) is 4.90 Å². The Bertz CT molecular complexity index is 2640. The minimum Gasteiger partial charge on any atom is -0.341 e. The fourth-order valence-electron chi connectivity index (χ4n) is 10.1. The molecule has 5 heteroatoms. The number of aromatic amines is 2. The third kappa shape index (κ3) is 4.25. The second-order valence-corrected chi connectivity index (χ2v) is 23.6. The van der Waals surface area contributed by atoms with E-state index in [4.69, 9.17) is 0 Å². The highest BCUT2D eigenvalue weighted by molar-refractivity contribution is 7.25. The molecule has 0 saturated carbocycles. The number of rotatable bonds is 4. The number of nitrogens with one attached hydrogen (secondary N) is 2. The van der Waals surface area contributed by atoms with Gasteiger partial charge in [-0.25, -0.2) is 0 Å². The van der Waals surface area contributed by atoms with Crippen molar-refractivity contribution in [3.63, 3.8) is 0 Å². The number of hydrogen-bond acceptors (Lipinski definition) is 1. The molecule has 0 spiro atoms. The molecule has 2 aliphatic rings. The van der Waals surface area contributed by atoms with Crippen molar-refractivity contribution >= 4 is 96.8 Å². The van der Waals surface area contributed by atoms with Crippen LogP contribution in [0.25, 0.3) is 21.8 Å². The predicted molar refractivity (Wildman–Crippen MR) is 238 cm³/mol.